The van der Waals surface area contributed by atoms with Crippen LogP contribution in [0, 0.1) is 15.9 Å². The normalized spacial score (nSPS) is 12.2. The van der Waals surface area contributed by atoms with E-state index in [1.54, 1.807) is 0 Å². The molecular formula is C10H13FN2O3. The van der Waals surface area contributed by atoms with Crippen LogP contribution >= 0.6 is 0 Å². The van der Waals surface area contributed by atoms with Crippen molar-refractivity contribution in [3.8, 4) is 0 Å². The molecule has 0 fully saturated rings. The molecule has 1 aromatic rings. The van der Waals surface area contributed by atoms with Crippen LogP contribution in [-0.4, -0.2) is 24.7 Å². The average Bonchev–Trinajstić information content (AvgIpc) is 2.20. The van der Waals surface area contributed by atoms with Crippen LogP contribution in [0.5, 0.6) is 0 Å². The third kappa shape index (κ3) is 3.16. The van der Waals surface area contributed by atoms with Crippen molar-refractivity contribution < 1.29 is 14.1 Å². The van der Waals surface area contributed by atoms with Gasteiger partial charge in [-0.25, -0.2) is 4.39 Å². The zero-order chi connectivity index (χ0) is 12.1. The van der Waals surface area contributed by atoms with Gasteiger partial charge in [-0.15, -0.1) is 0 Å². The Hall–Kier alpha value is -1.69. The standard InChI is InChI=1S/C10H13FN2O3/c1-7(6-16-2)12-9-4-3-8(11)5-10(9)13(14)15/h3-5,7,12H,6H2,1-2H3. The minimum absolute atomic E-state index is 0.0887. The van der Waals surface area contributed by atoms with Crippen LogP contribution in [0.2, 0.25) is 0 Å². The Kier molecular flexibility index (Phi) is 4.19. The zero-order valence-electron chi connectivity index (χ0n) is 9.07. The predicted octanol–water partition coefficient (Wildman–Crippen LogP) is 2.18. The lowest BCUT2D eigenvalue weighted by atomic mass is 10.2. The monoisotopic (exact) mass is 228 g/mol. The molecule has 88 valence electrons. The molecule has 1 rings (SSSR count). The molecule has 0 bridgehead atoms. The Morgan fingerprint density at radius 1 is 1.62 bits per heavy atom. The summed E-state index contributed by atoms with van der Waals surface area (Å²) in [5.74, 6) is -0.628. The van der Waals surface area contributed by atoms with E-state index in [1.165, 1.54) is 19.2 Å². The molecule has 6 heteroatoms. The Labute approximate surface area is 92.4 Å². The fraction of sp³-hybridized carbons (Fsp3) is 0.400. The minimum Gasteiger partial charge on any atom is -0.383 e. The molecule has 5 nitrogen and oxygen atoms in total. The second kappa shape index (κ2) is 5.41. The van der Waals surface area contributed by atoms with E-state index in [2.05, 4.69) is 5.32 Å². The summed E-state index contributed by atoms with van der Waals surface area (Å²) in [6.45, 7) is 2.23. The molecule has 0 aliphatic heterocycles. The summed E-state index contributed by atoms with van der Waals surface area (Å²) < 4.78 is 17.7. The highest BCUT2D eigenvalue weighted by Crippen LogP contribution is 2.25. The fourth-order valence-corrected chi connectivity index (χ4v) is 1.34. The topological polar surface area (TPSA) is 64.4 Å². The maximum atomic E-state index is 12.8. The summed E-state index contributed by atoms with van der Waals surface area (Å²) >= 11 is 0. The number of nitro benzene ring substituents is 1. The number of rotatable bonds is 5. The van der Waals surface area contributed by atoms with Crippen molar-refractivity contribution in [1.82, 2.24) is 0 Å². The van der Waals surface area contributed by atoms with E-state index in [1.807, 2.05) is 6.92 Å². The molecule has 1 unspecified atom stereocenters. The first-order valence-electron chi connectivity index (χ1n) is 4.74. The van der Waals surface area contributed by atoms with Crippen LogP contribution in [0.4, 0.5) is 15.8 Å². The van der Waals surface area contributed by atoms with E-state index in [9.17, 15) is 14.5 Å². The number of hydrogen-bond donors (Lipinski definition) is 1. The number of halogens is 1. The molecular weight excluding hydrogens is 215 g/mol. The second-order valence-corrected chi connectivity index (χ2v) is 3.42. The first-order chi connectivity index (χ1) is 7.54. The number of anilines is 1. The number of hydrogen-bond acceptors (Lipinski definition) is 4. The number of methoxy groups -OCH3 is 1. The molecule has 1 N–H and O–H groups in total. The Balaban J connectivity index is 2.90. The van der Waals surface area contributed by atoms with Gasteiger partial charge in [0.05, 0.1) is 17.6 Å². The number of nitrogens with one attached hydrogen (secondary N) is 1. The number of nitrogens with zero attached hydrogens (tertiary/aromatic N) is 1. The number of ether oxygens (including phenoxy) is 1. The SMILES string of the molecule is COCC(C)Nc1ccc(F)cc1[N+](=O)[O-]. The minimum atomic E-state index is -0.628. The van der Waals surface area contributed by atoms with Gasteiger partial charge in [-0.1, -0.05) is 0 Å². The first-order valence-corrected chi connectivity index (χ1v) is 4.74. The van der Waals surface area contributed by atoms with Crippen molar-refractivity contribution in [1.29, 1.82) is 0 Å². The summed E-state index contributed by atoms with van der Waals surface area (Å²) in [6, 6.07) is 3.32. The molecule has 1 atom stereocenters. The quantitative estimate of drug-likeness (QED) is 0.619. The van der Waals surface area contributed by atoms with Crippen molar-refractivity contribution >= 4 is 11.4 Å². The fourth-order valence-electron chi connectivity index (χ4n) is 1.34. The molecule has 0 saturated carbocycles. The average molecular weight is 228 g/mol. The summed E-state index contributed by atoms with van der Waals surface area (Å²) in [7, 11) is 1.54. The molecule has 0 saturated heterocycles. The smallest absolute Gasteiger partial charge is 0.295 e. The highest BCUT2D eigenvalue weighted by atomic mass is 19.1. The highest BCUT2D eigenvalue weighted by molar-refractivity contribution is 5.61. The molecule has 0 heterocycles. The van der Waals surface area contributed by atoms with Crippen molar-refractivity contribution in [2.45, 2.75) is 13.0 Å². The van der Waals surface area contributed by atoms with Gasteiger partial charge < -0.3 is 10.1 Å². The molecule has 0 radical (unpaired) electrons. The van der Waals surface area contributed by atoms with Crippen LogP contribution in [-0.2, 0) is 4.74 Å². The van der Waals surface area contributed by atoms with Crippen molar-refractivity contribution in [3.05, 3.63) is 34.1 Å². The maximum absolute atomic E-state index is 12.8. The van der Waals surface area contributed by atoms with Crippen LogP contribution < -0.4 is 5.32 Å². The summed E-state index contributed by atoms with van der Waals surface area (Å²) in [5, 5.41) is 13.6. The summed E-state index contributed by atoms with van der Waals surface area (Å²) in [6.07, 6.45) is 0. The largest absolute Gasteiger partial charge is 0.383 e. The summed E-state index contributed by atoms with van der Waals surface area (Å²) in [5.41, 5.74) is 0.0129. The predicted molar refractivity (Wildman–Crippen MR) is 58.0 cm³/mol. The van der Waals surface area contributed by atoms with E-state index in [0.717, 1.165) is 6.07 Å². The third-order valence-electron chi connectivity index (χ3n) is 1.98. The van der Waals surface area contributed by atoms with Crippen molar-refractivity contribution in [2.75, 3.05) is 19.0 Å². The van der Waals surface area contributed by atoms with Crippen molar-refractivity contribution in [3.63, 3.8) is 0 Å². The molecule has 1 aromatic carbocycles. The lowest BCUT2D eigenvalue weighted by Crippen LogP contribution is -2.21. The lowest BCUT2D eigenvalue weighted by Gasteiger charge is -2.13. The van der Waals surface area contributed by atoms with E-state index >= 15 is 0 Å². The summed E-state index contributed by atoms with van der Waals surface area (Å²) in [4.78, 5) is 10.1. The first kappa shape index (κ1) is 12.4. The second-order valence-electron chi connectivity index (χ2n) is 3.42. The van der Waals surface area contributed by atoms with Gasteiger partial charge in [-0.05, 0) is 19.1 Å². The highest BCUT2D eigenvalue weighted by Gasteiger charge is 2.16. The molecule has 0 aromatic heterocycles. The Bertz CT molecular complexity index is 384. The van der Waals surface area contributed by atoms with Gasteiger partial charge in [0.25, 0.3) is 5.69 Å². The van der Waals surface area contributed by atoms with E-state index < -0.39 is 10.7 Å². The third-order valence-corrected chi connectivity index (χ3v) is 1.98. The van der Waals surface area contributed by atoms with E-state index in [4.69, 9.17) is 4.74 Å². The molecule has 0 aliphatic carbocycles. The van der Waals surface area contributed by atoms with Gasteiger partial charge >= 0.3 is 0 Å². The van der Waals surface area contributed by atoms with Crippen LogP contribution in [0.25, 0.3) is 0 Å². The van der Waals surface area contributed by atoms with Crippen LogP contribution in [0.1, 0.15) is 6.92 Å². The molecule has 0 aliphatic rings. The molecule has 0 amide bonds. The number of benzene rings is 1. The zero-order valence-corrected chi connectivity index (χ0v) is 9.07. The van der Waals surface area contributed by atoms with Gasteiger partial charge in [0.1, 0.15) is 11.5 Å². The van der Waals surface area contributed by atoms with Crippen LogP contribution in [0.3, 0.4) is 0 Å². The Morgan fingerprint density at radius 3 is 2.88 bits per heavy atom. The molecule has 0 spiro atoms. The van der Waals surface area contributed by atoms with Gasteiger partial charge in [0.2, 0.25) is 0 Å². The van der Waals surface area contributed by atoms with Gasteiger partial charge in [-0.3, -0.25) is 10.1 Å². The van der Waals surface area contributed by atoms with Crippen LogP contribution in [0.15, 0.2) is 18.2 Å². The van der Waals surface area contributed by atoms with Crippen molar-refractivity contribution in [2.24, 2.45) is 0 Å². The maximum Gasteiger partial charge on any atom is 0.295 e. The Morgan fingerprint density at radius 2 is 2.31 bits per heavy atom. The van der Waals surface area contributed by atoms with Gasteiger partial charge in [0.15, 0.2) is 0 Å². The lowest BCUT2D eigenvalue weighted by molar-refractivity contribution is -0.384. The van der Waals surface area contributed by atoms with Gasteiger partial charge in [-0.2, -0.15) is 0 Å². The van der Waals surface area contributed by atoms with E-state index in [-0.39, 0.29) is 17.4 Å². The van der Waals surface area contributed by atoms with E-state index in [0.29, 0.717) is 6.61 Å². The van der Waals surface area contributed by atoms with Gasteiger partial charge in [0, 0.05) is 13.2 Å². The number of nitro groups is 1. The molecule has 16 heavy (non-hydrogen) atoms.